The van der Waals surface area contributed by atoms with Crippen LogP contribution in [0, 0.1) is 5.41 Å². The maximum absolute atomic E-state index is 14.4. The first-order valence-corrected chi connectivity index (χ1v) is 8.30. The van der Waals surface area contributed by atoms with E-state index in [2.05, 4.69) is 28.1 Å². The van der Waals surface area contributed by atoms with E-state index in [1.165, 1.54) is 5.56 Å². The number of hydrogen-bond donors (Lipinski definition) is 0. The Labute approximate surface area is 132 Å². The summed E-state index contributed by atoms with van der Waals surface area (Å²) in [4.78, 5) is 0. The molecule has 0 saturated heterocycles. The van der Waals surface area contributed by atoms with Gasteiger partial charge in [-0.2, -0.15) is 0 Å². The minimum absolute atomic E-state index is 0.0567. The zero-order valence-electron chi connectivity index (χ0n) is 11.7. The number of rotatable bonds is 5. The Kier molecular flexibility index (Phi) is 5.17. The molecule has 0 aliphatic rings. The molecule has 1 aromatic heterocycles. The van der Waals surface area contributed by atoms with E-state index >= 15 is 0 Å². The highest BCUT2D eigenvalue weighted by molar-refractivity contribution is 9.11. The Morgan fingerprint density at radius 3 is 2.60 bits per heavy atom. The molecule has 3 heteroatoms. The van der Waals surface area contributed by atoms with Crippen molar-refractivity contribution in [2.45, 2.75) is 26.7 Å². The van der Waals surface area contributed by atoms with Crippen molar-refractivity contribution in [3.8, 4) is 0 Å². The van der Waals surface area contributed by atoms with E-state index in [4.69, 9.17) is 0 Å². The van der Waals surface area contributed by atoms with Crippen molar-refractivity contribution in [3.63, 3.8) is 0 Å². The minimum atomic E-state index is -0.440. The van der Waals surface area contributed by atoms with Crippen molar-refractivity contribution in [2.24, 2.45) is 5.41 Å². The van der Waals surface area contributed by atoms with Gasteiger partial charge in [0.05, 0.1) is 3.79 Å². The van der Waals surface area contributed by atoms with Crippen molar-refractivity contribution < 1.29 is 4.39 Å². The molecule has 0 atom stereocenters. The highest BCUT2D eigenvalue weighted by Crippen LogP contribution is 2.35. The first-order chi connectivity index (χ1) is 9.47. The van der Waals surface area contributed by atoms with E-state index in [-0.39, 0.29) is 5.83 Å². The van der Waals surface area contributed by atoms with Gasteiger partial charge in [-0.3, -0.25) is 0 Å². The van der Waals surface area contributed by atoms with Crippen molar-refractivity contribution in [2.75, 3.05) is 0 Å². The highest BCUT2D eigenvalue weighted by atomic mass is 79.9. The number of halogens is 2. The third-order valence-corrected chi connectivity index (χ3v) is 4.93. The lowest BCUT2D eigenvalue weighted by atomic mass is 9.84. The van der Waals surface area contributed by atoms with Crippen molar-refractivity contribution in [1.82, 2.24) is 0 Å². The van der Waals surface area contributed by atoms with Gasteiger partial charge in [-0.1, -0.05) is 44.2 Å². The van der Waals surface area contributed by atoms with E-state index < -0.39 is 5.41 Å². The quantitative estimate of drug-likeness (QED) is 0.577. The molecule has 0 aliphatic heterocycles. The van der Waals surface area contributed by atoms with E-state index in [0.717, 1.165) is 22.2 Å². The second-order valence-electron chi connectivity index (χ2n) is 5.55. The summed E-state index contributed by atoms with van der Waals surface area (Å²) >= 11 is 4.97. The molecule has 0 N–H and O–H groups in total. The third-order valence-electron chi connectivity index (χ3n) is 3.41. The molecular weight excluding hydrogens is 335 g/mol. The Morgan fingerprint density at radius 1 is 1.30 bits per heavy atom. The number of allylic oxidation sites excluding steroid dienone is 1. The normalized spacial score (nSPS) is 12.7. The second-order valence-corrected chi connectivity index (χ2v) is 7.84. The van der Waals surface area contributed by atoms with Crippen LogP contribution in [0.1, 0.15) is 31.4 Å². The van der Waals surface area contributed by atoms with Gasteiger partial charge in [-0.05, 0) is 57.4 Å². The van der Waals surface area contributed by atoms with Gasteiger partial charge in [0, 0.05) is 5.41 Å². The summed E-state index contributed by atoms with van der Waals surface area (Å²) < 4.78 is 15.5. The zero-order valence-corrected chi connectivity index (χ0v) is 14.1. The summed E-state index contributed by atoms with van der Waals surface area (Å²) in [6.45, 7) is 3.92. The first-order valence-electron chi connectivity index (χ1n) is 6.63. The molecule has 2 aromatic rings. The van der Waals surface area contributed by atoms with Crippen LogP contribution in [0.4, 0.5) is 4.39 Å². The van der Waals surface area contributed by atoms with Crippen LogP contribution in [0.2, 0.25) is 0 Å². The van der Waals surface area contributed by atoms with Crippen LogP contribution in [-0.4, -0.2) is 0 Å². The summed E-state index contributed by atoms with van der Waals surface area (Å²) in [5.41, 5.74) is 1.74. The SMILES string of the molecule is CC(C)(CCc1ccccc1)/C(F)=C\c1csc(Br)c1. The van der Waals surface area contributed by atoms with Gasteiger partial charge in [-0.15, -0.1) is 11.3 Å². The predicted octanol–water partition coefficient (Wildman–Crippen LogP) is 6.48. The van der Waals surface area contributed by atoms with E-state index in [9.17, 15) is 4.39 Å². The largest absolute Gasteiger partial charge is 0.211 e. The molecule has 0 aliphatic carbocycles. The Morgan fingerprint density at radius 2 is 2.00 bits per heavy atom. The third kappa shape index (κ3) is 4.29. The molecule has 1 heterocycles. The van der Waals surface area contributed by atoms with Gasteiger partial charge in [0.25, 0.3) is 0 Å². The van der Waals surface area contributed by atoms with Gasteiger partial charge in [-0.25, -0.2) is 4.39 Å². The minimum Gasteiger partial charge on any atom is -0.211 e. The van der Waals surface area contributed by atoms with E-state index in [1.807, 2.05) is 43.5 Å². The van der Waals surface area contributed by atoms with Crippen LogP contribution < -0.4 is 0 Å². The number of benzene rings is 1. The van der Waals surface area contributed by atoms with Crippen LogP contribution >= 0.6 is 27.3 Å². The van der Waals surface area contributed by atoms with Crippen LogP contribution in [0.15, 0.2) is 51.4 Å². The molecule has 0 fully saturated rings. The van der Waals surface area contributed by atoms with Crippen LogP contribution in [0.5, 0.6) is 0 Å². The fourth-order valence-electron chi connectivity index (χ4n) is 1.96. The monoisotopic (exact) mass is 352 g/mol. The summed E-state index contributed by atoms with van der Waals surface area (Å²) in [6.07, 6.45) is 3.33. The zero-order chi connectivity index (χ0) is 14.6. The average Bonchev–Trinajstić information content (AvgIpc) is 2.83. The topological polar surface area (TPSA) is 0 Å². The molecule has 1 aromatic carbocycles. The fourth-order valence-corrected chi connectivity index (χ4v) is 3.10. The van der Waals surface area contributed by atoms with Crippen molar-refractivity contribution >= 4 is 33.3 Å². The molecule has 0 radical (unpaired) electrons. The molecule has 2 rings (SSSR count). The number of aryl methyl sites for hydroxylation is 1. The highest BCUT2D eigenvalue weighted by Gasteiger charge is 2.23. The first kappa shape index (κ1) is 15.5. The molecule has 0 unspecified atom stereocenters. The van der Waals surface area contributed by atoms with E-state index in [1.54, 1.807) is 17.4 Å². The lowest BCUT2D eigenvalue weighted by Gasteiger charge is -2.22. The van der Waals surface area contributed by atoms with Gasteiger partial charge in [0.15, 0.2) is 0 Å². The smallest absolute Gasteiger partial charge is 0.106 e. The Balaban J connectivity index is 2.03. The summed E-state index contributed by atoms with van der Waals surface area (Å²) in [5, 5.41) is 1.96. The van der Waals surface area contributed by atoms with Crippen LogP contribution in [0.25, 0.3) is 6.08 Å². The van der Waals surface area contributed by atoms with Gasteiger partial charge in [0.1, 0.15) is 5.83 Å². The molecule has 0 bridgehead atoms. The standard InChI is InChI=1S/C17H18BrFS/c1-17(2,9-8-13-6-4-3-5-7-13)15(19)10-14-11-16(18)20-12-14/h3-7,10-12H,8-9H2,1-2H3/b15-10+. The van der Waals surface area contributed by atoms with Crippen molar-refractivity contribution in [3.05, 3.63) is 62.5 Å². The van der Waals surface area contributed by atoms with Gasteiger partial charge < -0.3 is 0 Å². The van der Waals surface area contributed by atoms with Crippen LogP contribution in [0.3, 0.4) is 0 Å². The number of thiophene rings is 1. The van der Waals surface area contributed by atoms with E-state index in [0.29, 0.717) is 0 Å². The molecule has 0 saturated carbocycles. The maximum atomic E-state index is 14.4. The summed E-state index contributed by atoms with van der Waals surface area (Å²) in [7, 11) is 0. The molecule has 0 amide bonds. The van der Waals surface area contributed by atoms with Gasteiger partial charge in [0.2, 0.25) is 0 Å². The molecule has 20 heavy (non-hydrogen) atoms. The second kappa shape index (κ2) is 6.68. The molecule has 106 valence electrons. The number of hydrogen-bond acceptors (Lipinski definition) is 1. The van der Waals surface area contributed by atoms with Crippen molar-refractivity contribution in [1.29, 1.82) is 0 Å². The fraction of sp³-hybridized carbons (Fsp3) is 0.294. The maximum Gasteiger partial charge on any atom is 0.106 e. The average molecular weight is 353 g/mol. The summed E-state index contributed by atoms with van der Waals surface area (Å²) in [6, 6.07) is 12.2. The molecule has 0 spiro atoms. The van der Waals surface area contributed by atoms with Gasteiger partial charge >= 0.3 is 0 Å². The Hall–Kier alpha value is -0.930. The van der Waals surface area contributed by atoms with Crippen LogP contribution in [-0.2, 0) is 6.42 Å². The lowest BCUT2D eigenvalue weighted by Crippen LogP contribution is -2.13. The Bertz CT molecular complexity index is 584. The summed E-state index contributed by atoms with van der Waals surface area (Å²) in [5.74, 6) is -0.0567. The lowest BCUT2D eigenvalue weighted by molar-refractivity contribution is 0.329. The predicted molar refractivity (Wildman–Crippen MR) is 89.6 cm³/mol. The molecule has 0 nitrogen and oxygen atoms in total. The molecular formula is C17H18BrFS.